The van der Waals surface area contributed by atoms with Crippen LogP contribution in [0.5, 0.6) is 0 Å². The molecule has 1 aromatic carbocycles. The van der Waals surface area contributed by atoms with Crippen molar-refractivity contribution in [2.45, 2.75) is 77.8 Å². The summed E-state index contributed by atoms with van der Waals surface area (Å²) in [6, 6.07) is 11.0. The molecule has 2 heterocycles. The summed E-state index contributed by atoms with van der Waals surface area (Å²) in [5.74, 6) is -0.0650. The average Bonchev–Trinajstić information content (AvgIpc) is 2.74. The van der Waals surface area contributed by atoms with Crippen molar-refractivity contribution >= 4 is 22.5 Å². The molecular formula is C26H33N5O. The fourth-order valence-corrected chi connectivity index (χ4v) is 4.31. The van der Waals surface area contributed by atoms with E-state index >= 15 is 0 Å². The first-order valence-corrected chi connectivity index (χ1v) is 11.5. The van der Waals surface area contributed by atoms with Crippen molar-refractivity contribution in [1.29, 1.82) is 0 Å². The summed E-state index contributed by atoms with van der Waals surface area (Å²) in [6.45, 7) is 10.6. The number of nitrogens with one attached hydrogen (secondary N) is 2. The number of rotatable bonds is 4. The van der Waals surface area contributed by atoms with Gasteiger partial charge < -0.3 is 10.6 Å². The van der Waals surface area contributed by atoms with E-state index < -0.39 is 0 Å². The Kier molecular flexibility index (Phi) is 6.13. The second kappa shape index (κ2) is 8.85. The van der Waals surface area contributed by atoms with Gasteiger partial charge in [0.2, 0.25) is 0 Å². The second-order valence-corrected chi connectivity index (χ2v) is 10.1. The van der Waals surface area contributed by atoms with Crippen LogP contribution in [0.1, 0.15) is 73.8 Å². The number of pyridine rings is 1. The third kappa shape index (κ3) is 5.06. The number of fused-ring (bicyclic) bond motifs is 1. The number of anilines is 1. The molecule has 6 nitrogen and oxygen atoms in total. The normalized spacial score (nSPS) is 19.0. The van der Waals surface area contributed by atoms with Gasteiger partial charge in [-0.1, -0.05) is 32.4 Å². The maximum absolute atomic E-state index is 12.5. The quantitative estimate of drug-likeness (QED) is 0.601. The van der Waals surface area contributed by atoms with Crippen molar-refractivity contribution in [2.75, 3.05) is 5.32 Å². The van der Waals surface area contributed by atoms with Crippen LogP contribution in [-0.4, -0.2) is 33.2 Å². The van der Waals surface area contributed by atoms with Crippen molar-refractivity contribution < 1.29 is 4.79 Å². The summed E-state index contributed by atoms with van der Waals surface area (Å²) < 4.78 is 0. The molecule has 0 unspecified atom stereocenters. The van der Waals surface area contributed by atoms with Gasteiger partial charge in [0.05, 0.1) is 23.0 Å². The Morgan fingerprint density at radius 2 is 1.72 bits per heavy atom. The molecular weight excluding hydrogens is 398 g/mol. The first-order valence-electron chi connectivity index (χ1n) is 11.5. The number of amides is 1. The lowest BCUT2D eigenvalue weighted by molar-refractivity contribution is 0.0926. The Hall–Kier alpha value is -3.02. The van der Waals surface area contributed by atoms with E-state index in [4.69, 9.17) is 4.98 Å². The topological polar surface area (TPSA) is 79.8 Å². The van der Waals surface area contributed by atoms with Gasteiger partial charge in [0.1, 0.15) is 0 Å². The molecule has 3 aromatic rings. The fourth-order valence-electron chi connectivity index (χ4n) is 4.31. The Labute approximate surface area is 190 Å². The van der Waals surface area contributed by atoms with Gasteiger partial charge in [0.25, 0.3) is 5.91 Å². The van der Waals surface area contributed by atoms with Crippen LogP contribution in [0.25, 0.3) is 10.9 Å². The van der Waals surface area contributed by atoms with E-state index in [1.165, 1.54) is 17.1 Å². The highest BCUT2D eigenvalue weighted by atomic mass is 16.1. The van der Waals surface area contributed by atoms with Crippen LogP contribution in [0.3, 0.4) is 0 Å². The lowest BCUT2D eigenvalue weighted by Crippen LogP contribution is -2.40. The summed E-state index contributed by atoms with van der Waals surface area (Å²) in [6.07, 6.45) is 5.46. The molecule has 0 saturated heterocycles. The minimum absolute atomic E-state index is 0.0163. The van der Waals surface area contributed by atoms with Crippen molar-refractivity contribution in [2.24, 2.45) is 0 Å². The van der Waals surface area contributed by atoms with Gasteiger partial charge in [-0.15, -0.1) is 0 Å². The van der Waals surface area contributed by atoms with Crippen molar-refractivity contribution in [3.63, 3.8) is 0 Å². The zero-order valence-electron chi connectivity index (χ0n) is 19.7. The van der Waals surface area contributed by atoms with E-state index in [2.05, 4.69) is 72.8 Å². The van der Waals surface area contributed by atoms with Crippen LogP contribution in [0.4, 0.5) is 5.69 Å². The minimum Gasteiger partial charge on any atom is -0.382 e. The maximum atomic E-state index is 12.5. The maximum Gasteiger partial charge on any atom is 0.253 e. The fraction of sp³-hybridized carbons (Fsp3) is 0.462. The third-order valence-electron chi connectivity index (χ3n) is 6.19. The van der Waals surface area contributed by atoms with E-state index in [1.807, 2.05) is 6.92 Å². The number of benzene rings is 1. The van der Waals surface area contributed by atoms with Gasteiger partial charge in [-0.25, -0.2) is 0 Å². The molecule has 1 aliphatic carbocycles. The summed E-state index contributed by atoms with van der Waals surface area (Å²) in [4.78, 5) is 17.5. The summed E-state index contributed by atoms with van der Waals surface area (Å²) in [5, 5.41) is 16.0. The number of aromatic nitrogens is 3. The van der Waals surface area contributed by atoms with Crippen LogP contribution < -0.4 is 10.6 Å². The standard InChI is InChI=1S/C26H33N5O/c1-16-6-11-22-21(12-16)23(14-24(30-22)26(3,4)5)28-19-7-9-20(10-8-19)29-25(32)18-13-17(2)31-27-15-18/h6,11-15,19-20H,7-10H2,1-5H3,(H,28,30)(H,29,32). The van der Waals surface area contributed by atoms with Gasteiger partial charge in [0, 0.05) is 34.3 Å². The molecule has 1 amide bonds. The lowest BCUT2D eigenvalue weighted by atomic mass is 9.89. The number of aryl methyl sites for hydroxylation is 2. The van der Waals surface area contributed by atoms with E-state index in [0.717, 1.165) is 48.3 Å². The molecule has 1 saturated carbocycles. The average molecular weight is 432 g/mol. The molecule has 0 atom stereocenters. The van der Waals surface area contributed by atoms with Gasteiger partial charge in [-0.3, -0.25) is 9.78 Å². The van der Waals surface area contributed by atoms with Gasteiger partial charge in [0.15, 0.2) is 0 Å². The van der Waals surface area contributed by atoms with Gasteiger partial charge in [-0.05, 0) is 63.8 Å². The van der Waals surface area contributed by atoms with Crippen molar-refractivity contribution in [1.82, 2.24) is 20.5 Å². The molecule has 2 aromatic heterocycles. The van der Waals surface area contributed by atoms with Crippen LogP contribution in [0.15, 0.2) is 36.5 Å². The molecule has 0 aliphatic heterocycles. The molecule has 4 rings (SSSR count). The predicted molar refractivity (Wildman–Crippen MR) is 129 cm³/mol. The zero-order chi connectivity index (χ0) is 22.9. The molecule has 32 heavy (non-hydrogen) atoms. The molecule has 1 aliphatic rings. The molecule has 168 valence electrons. The van der Waals surface area contributed by atoms with Crippen LogP contribution in [0.2, 0.25) is 0 Å². The van der Waals surface area contributed by atoms with E-state index in [0.29, 0.717) is 11.6 Å². The second-order valence-electron chi connectivity index (χ2n) is 10.1. The Morgan fingerprint density at radius 3 is 2.41 bits per heavy atom. The van der Waals surface area contributed by atoms with Gasteiger partial charge >= 0.3 is 0 Å². The highest BCUT2D eigenvalue weighted by Crippen LogP contribution is 2.32. The monoisotopic (exact) mass is 431 g/mol. The molecule has 6 heteroatoms. The van der Waals surface area contributed by atoms with E-state index in [9.17, 15) is 4.79 Å². The lowest BCUT2D eigenvalue weighted by Gasteiger charge is -2.31. The number of hydrogen-bond acceptors (Lipinski definition) is 5. The summed E-state index contributed by atoms with van der Waals surface area (Å²) >= 11 is 0. The van der Waals surface area contributed by atoms with Crippen molar-refractivity contribution in [3.8, 4) is 0 Å². The smallest absolute Gasteiger partial charge is 0.253 e. The van der Waals surface area contributed by atoms with Gasteiger partial charge in [-0.2, -0.15) is 10.2 Å². The predicted octanol–water partition coefficient (Wildman–Crippen LogP) is 5.09. The van der Waals surface area contributed by atoms with E-state index in [-0.39, 0.29) is 17.4 Å². The van der Waals surface area contributed by atoms with Crippen LogP contribution in [-0.2, 0) is 5.41 Å². The Morgan fingerprint density at radius 1 is 1.00 bits per heavy atom. The number of hydrogen-bond donors (Lipinski definition) is 2. The van der Waals surface area contributed by atoms with Crippen molar-refractivity contribution in [3.05, 3.63) is 59.0 Å². The highest BCUT2D eigenvalue weighted by Gasteiger charge is 2.24. The SMILES string of the molecule is Cc1ccc2nc(C(C)(C)C)cc(NC3CCC(NC(=O)c4cnnc(C)c4)CC3)c2c1. The Bertz CT molecular complexity index is 1130. The minimum atomic E-state index is -0.0650. The first kappa shape index (κ1) is 22.2. The highest BCUT2D eigenvalue weighted by molar-refractivity contribution is 5.94. The largest absolute Gasteiger partial charge is 0.382 e. The third-order valence-corrected chi connectivity index (χ3v) is 6.19. The molecule has 0 spiro atoms. The molecule has 0 radical (unpaired) electrons. The molecule has 2 N–H and O–H groups in total. The molecule has 0 bridgehead atoms. The first-order chi connectivity index (χ1) is 15.2. The number of carbonyl (C=O) groups excluding carboxylic acids is 1. The van der Waals surface area contributed by atoms with Crippen LogP contribution >= 0.6 is 0 Å². The summed E-state index contributed by atoms with van der Waals surface area (Å²) in [7, 11) is 0. The summed E-state index contributed by atoms with van der Waals surface area (Å²) in [5.41, 5.74) is 5.84. The molecule has 1 fully saturated rings. The number of nitrogens with zero attached hydrogens (tertiary/aromatic N) is 3. The zero-order valence-corrected chi connectivity index (χ0v) is 19.7. The van der Waals surface area contributed by atoms with E-state index in [1.54, 1.807) is 6.07 Å². The number of carbonyl (C=O) groups is 1. The van der Waals surface area contributed by atoms with Crippen LogP contribution in [0, 0.1) is 13.8 Å². The Balaban J connectivity index is 1.45.